The third kappa shape index (κ3) is 3.83. The molecule has 1 aliphatic carbocycles. The molecule has 2 aliphatic rings. The van der Waals surface area contributed by atoms with Gasteiger partial charge in [0.05, 0.1) is 5.92 Å². The van der Waals surface area contributed by atoms with Gasteiger partial charge < -0.3 is 15.1 Å². The van der Waals surface area contributed by atoms with Gasteiger partial charge in [0.15, 0.2) is 0 Å². The Kier molecular flexibility index (Phi) is 5.06. The predicted molar refractivity (Wildman–Crippen MR) is 95.2 cm³/mol. The van der Waals surface area contributed by atoms with Crippen LogP contribution in [0.2, 0.25) is 0 Å². The summed E-state index contributed by atoms with van der Waals surface area (Å²) in [5.74, 6) is -0.493. The number of nitrogens with zero attached hydrogens (tertiary/aromatic N) is 2. The van der Waals surface area contributed by atoms with E-state index < -0.39 is 0 Å². The number of anilines is 1. The summed E-state index contributed by atoms with van der Waals surface area (Å²) in [6, 6.07) is 7.21. The van der Waals surface area contributed by atoms with E-state index in [1.807, 2.05) is 4.90 Å². The second-order valence-corrected chi connectivity index (χ2v) is 7.16. The molecule has 0 radical (unpaired) electrons. The monoisotopic (exact) mass is 343 g/mol. The molecule has 1 saturated carbocycles. The Bertz CT molecular complexity index is 680. The van der Waals surface area contributed by atoms with E-state index in [9.17, 15) is 14.4 Å². The van der Waals surface area contributed by atoms with Crippen LogP contribution < -0.4 is 5.32 Å². The summed E-state index contributed by atoms with van der Waals surface area (Å²) in [6.45, 7) is 0.506. The number of likely N-dealkylation sites (tertiary alicyclic amines) is 1. The third-order valence-corrected chi connectivity index (χ3v) is 5.08. The zero-order chi connectivity index (χ0) is 18.0. The Labute approximate surface area is 148 Å². The fraction of sp³-hybridized carbons (Fsp3) is 0.526. The summed E-state index contributed by atoms with van der Waals surface area (Å²) in [5, 5.41) is 2.86. The van der Waals surface area contributed by atoms with Gasteiger partial charge >= 0.3 is 0 Å². The van der Waals surface area contributed by atoms with Crippen LogP contribution >= 0.6 is 0 Å². The fourth-order valence-corrected chi connectivity index (χ4v) is 3.71. The molecule has 25 heavy (non-hydrogen) atoms. The maximum Gasteiger partial charge on any atom is 0.253 e. The van der Waals surface area contributed by atoms with Crippen molar-refractivity contribution in [2.75, 3.05) is 26.0 Å². The zero-order valence-corrected chi connectivity index (χ0v) is 14.8. The zero-order valence-electron chi connectivity index (χ0n) is 14.8. The summed E-state index contributed by atoms with van der Waals surface area (Å²) >= 11 is 0. The number of nitrogens with one attached hydrogen (secondary N) is 1. The first-order valence-corrected chi connectivity index (χ1v) is 8.88. The Balaban J connectivity index is 1.64. The summed E-state index contributed by atoms with van der Waals surface area (Å²) in [7, 11) is 3.38. The summed E-state index contributed by atoms with van der Waals surface area (Å²) in [5.41, 5.74) is 1.11. The van der Waals surface area contributed by atoms with Crippen molar-refractivity contribution in [2.24, 2.45) is 5.92 Å². The van der Waals surface area contributed by atoms with Gasteiger partial charge in [-0.15, -0.1) is 0 Å². The minimum Gasteiger partial charge on any atom is -0.345 e. The third-order valence-electron chi connectivity index (χ3n) is 5.08. The molecule has 6 heteroatoms. The predicted octanol–water partition coefficient (Wildman–Crippen LogP) is 2.12. The summed E-state index contributed by atoms with van der Waals surface area (Å²) in [6.07, 6.45) is 4.71. The molecule has 1 aromatic rings. The Morgan fingerprint density at radius 1 is 1.20 bits per heavy atom. The molecule has 1 aliphatic heterocycles. The Hall–Kier alpha value is -2.37. The number of carbonyl (C=O) groups is 3. The lowest BCUT2D eigenvalue weighted by molar-refractivity contribution is -0.129. The van der Waals surface area contributed by atoms with E-state index in [1.54, 1.807) is 38.4 Å². The first-order valence-electron chi connectivity index (χ1n) is 8.88. The highest BCUT2D eigenvalue weighted by Gasteiger charge is 2.38. The Morgan fingerprint density at radius 3 is 2.60 bits per heavy atom. The average molecular weight is 343 g/mol. The smallest absolute Gasteiger partial charge is 0.253 e. The molecule has 1 N–H and O–H groups in total. The molecule has 134 valence electrons. The van der Waals surface area contributed by atoms with Crippen LogP contribution in [0.4, 0.5) is 5.69 Å². The molecular formula is C19H25N3O3. The average Bonchev–Trinajstić information content (AvgIpc) is 3.23. The second kappa shape index (κ2) is 7.25. The highest BCUT2D eigenvalue weighted by Crippen LogP contribution is 2.30. The van der Waals surface area contributed by atoms with Crippen molar-refractivity contribution in [3.05, 3.63) is 29.8 Å². The van der Waals surface area contributed by atoms with Crippen molar-refractivity contribution in [1.82, 2.24) is 9.80 Å². The number of amides is 3. The van der Waals surface area contributed by atoms with Crippen molar-refractivity contribution < 1.29 is 14.4 Å². The van der Waals surface area contributed by atoms with Gasteiger partial charge in [0.1, 0.15) is 0 Å². The maximum atomic E-state index is 12.6. The van der Waals surface area contributed by atoms with E-state index in [4.69, 9.17) is 0 Å². The molecule has 0 aromatic heterocycles. The molecule has 1 heterocycles. The molecule has 2 fully saturated rings. The lowest BCUT2D eigenvalue weighted by atomic mass is 10.1. The highest BCUT2D eigenvalue weighted by molar-refractivity contribution is 5.99. The molecule has 0 bridgehead atoms. The van der Waals surface area contributed by atoms with Gasteiger partial charge in [-0.2, -0.15) is 0 Å². The van der Waals surface area contributed by atoms with Gasteiger partial charge in [-0.1, -0.05) is 18.9 Å². The molecule has 3 amide bonds. The van der Waals surface area contributed by atoms with E-state index in [0.29, 0.717) is 23.8 Å². The van der Waals surface area contributed by atoms with Gasteiger partial charge in [0, 0.05) is 44.4 Å². The van der Waals surface area contributed by atoms with Crippen molar-refractivity contribution in [2.45, 2.75) is 38.1 Å². The number of benzene rings is 1. The highest BCUT2D eigenvalue weighted by atomic mass is 16.2. The van der Waals surface area contributed by atoms with Crippen LogP contribution in [0, 0.1) is 5.92 Å². The lowest BCUT2D eigenvalue weighted by Crippen LogP contribution is -2.35. The number of rotatable bonds is 4. The molecule has 6 nitrogen and oxygen atoms in total. The van der Waals surface area contributed by atoms with E-state index in [-0.39, 0.29) is 30.1 Å². The normalized spacial score (nSPS) is 20.8. The van der Waals surface area contributed by atoms with Crippen molar-refractivity contribution >= 4 is 23.4 Å². The Morgan fingerprint density at radius 2 is 1.92 bits per heavy atom. The van der Waals surface area contributed by atoms with Gasteiger partial charge in [0.2, 0.25) is 11.8 Å². The van der Waals surface area contributed by atoms with Crippen LogP contribution in [-0.2, 0) is 9.59 Å². The molecule has 3 rings (SSSR count). The molecule has 1 saturated heterocycles. The van der Waals surface area contributed by atoms with Crippen LogP contribution in [0.25, 0.3) is 0 Å². The van der Waals surface area contributed by atoms with Crippen molar-refractivity contribution in [3.63, 3.8) is 0 Å². The van der Waals surface area contributed by atoms with Crippen LogP contribution in [0.5, 0.6) is 0 Å². The first-order chi connectivity index (χ1) is 12.0. The molecule has 0 unspecified atom stereocenters. The van der Waals surface area contributed by atoms with Crippen LogP contribution in [0.1, 0.15) is 42.5 Å². The second-order valence-electron chi connectivity index (χ2n) is 7.16. The number of hydrogen-bond acceptors (Lipinski definition) is 3. The van der Waals surface area contributed by atoms with Crippen LogP contribution in [-0.4, -0.2) is 54.2 Å². The minimum absolute atomic E-state index is 0.0867. The molecule has 0 spiro atoms. The van der Waals surface area contributed by atoms with Gasteiger partial charge in [-0.3, -0.25) is 14.4 Å². The molecule has 1 atom stereocenters. The standard InChI is InChI=1S/C19H25N3O3/c1-21(2)19(25)13-6-5-7-15(10-13)20-18(24)14-11-17(23)22(12-14)16-8-3-4-9-16/h5-7,10,14,16H,3-4,8-9,11-12H2,1-2H3,(H,20,24)/t14-/m0/s1. The van der Waals surface area contributed by atoms with Crippen molar-refractivity contribution in [1.29, 1.82) is 0 Å². The van der Waals surface area contributed by atoms with E-state index in [2.05, 4.69) is 5.32 Å². The van der Waals surface area contributed by atoms with E-state index >= 15 is 0 Å². The number of hydrogen-bond donors (Lipinski definition) is 1. The molecule has 1 aromatic carbocycles. The fourth-order valence-electron chi connectivity index (χ4n) is 3.71. The van der Waals surface area contributed by atoms with Gasteiger partial charge in [-0.25, -0.2) is 0 Å². The van der Waals surface area contributed by atoms with Gasteiger partial charge in [-0.05, 0) is 31.0 Å². The van der Waals surface area contributed by atoms with Crippen molar-refractivity contribution in [3.8, 4) is 0 Å². The van der Waals surface area contributed by atoms with E-state index in [1.165, 1.54) is 4.90 Å². The lowest BCUT2D eigenvalue weighted by Gasteiger charge is -2.23. The van der Waals surface area contributed by atoms with Crippen LogP contribution in [0.3, 0.4) is 0 Å². The number of carbonyl (C=O) groups excluding carboxylic acids is 3. The first kappa shape index (κ1) is 17.5. The topological polar surface area (TPSA) is 69.7 Å². The SMILES string of the molecule is CN(C)C(=O)c1cccc(NC(=O)[C@H]2CC(=O)N(C3CCCC3)C2)c1. The van der Waals surface area contributed by atoms with Crippen LogP contribution in [0.15, 0.2) is 24.3 Å². The molecular weight excluding hydrogens is 318 g/mol. The minimum atomic E-state index is -0.318. The summed E-state index contributed by atoms with van der Waals surface area (Å²) < 4.78 is 0. The van der Waals surface area contributed by atoms with Gasteiger partial charge in [0.25, 0.3) is 5.91 Å². The quantitative estimate of drug-likeness (QED) is 0.910. The summed E-state index contributed by atoms with van der Waals surface area (Å²) in [4.78, 5) is 40.2. The van der Waals surface area contributed by atoms with E-state index in [0.717, 1.165) is 25.7 Å². The maximum absolute atomic E-state index is 12.6. The largest absolute Gasteiger partial charge is 0.345 e.